The van der Waals surface area contributed by atoms with E-state index in [2.05, 4.69) is 20.3 Å². The van der Waals surface area contributed by atoms with Crippen molar-refractivity contribution in [3.63, 3.8) is 0 Å². The molecule has 1 aromatic heterocycles. The molecule has 1 N–H and O–H groups in total. The fourth-order valence-electron chi connectivity index (χ4n) is 2.39. The van der Waals surface area contributed by atoms with Gasteiger partial charge in [0, 0.05) is 7.05 Å². The Balaban J connectivity index is 1.55. The van der Waals surface area contributed by atoms with E-state index in [9.17, 15) is 13.6 Å². The van der Waals surface area contributed by atoms with Crippen molar-refractivity contribution in [3.05, 3.63) is 59.4 Å². The lowest BCUT2D eigenvalue weighted by Crippen LogP contribution is -2.16. The molecule has 1 heterocycles. The summed E-state index contributed by atoms with van der Waals surface area (Å²) in [7, 11) is 1.75. The first-order valence-electron chi connectivity index (χ1n) is 8.66. The summed E-state index contributed by atoms with van der Waals surface area (Å²) in [5.74, 6) is 0.569. The third kappa shape index (κ3) is 5.83. The second kappa shape index (κ2) is 10.3. The Bertz CT molecular complexity index is 1020. The van der Waals surface area contributed by atoms with Crippen molar-refractivity contribution in [1.29, 1.82) is 0 Å². The first-order valence-corrected chi connectivity index (χ1v) is 10.0. The number of nitrogens with one attached hydrogen (secondary N) is 1. The molecule has 30 heavy (non-hydrogen) atoms. The SMILES string of the molecule is Cn1c(COc2ccccc2Cl)nnc1SCC(=O)Nc1ccccc1OC(F)F. The molecule has 0 aliphatic rings. The Morgan fingerprint density at radius 3 is 2.60 bits per heavy atom. The lowest BCUT2D eigenvalue weighted by atomic mass is 10.3. The summed E-state index contributed by atoms with van der Waals surface area (Å²) in [5, 5.41) is 11.6. The summed E-state index contributed by atoms with van der Waals surface area (Å²) < 4.78 is 36.7. The number of halogens is 3. The summed E-state index contributed by atoms with van der Waals surface area (Å²) in [5.41, 5.74) is 0.162. The van der Waals surface area contributed by atoms with Crippen molar-refractivity contribution in [1.82, 2.24) is 14.8 Å². The number of amides is 1. The van der Waals surface area contributed by atoms with Gasteiger partial charge in [-0.2, -0.15) is 8.78 Å². The van der Waals surface area contributed by atoms with Crippen LogP contribution in [0.4, 0.5) is 14.5 Å². The van der Waals surface area contributed by atoms with Crippen LogP contribution < -0.4 is 14.8 Å². The number of aromatic nitrogens is 3. The maximum Gasteiger partial charge on any atom is 0.387 e. The number of benzene rings is 2. The van der Waals surface area contributed by atoms with Crippen LogP contribution in [0.25, 0.3) is 0 Å². The van der Waals surface area contributed by atoms with E-state index in [-0.39, 0.29) is 23.8 Å². The molecule has 0 atom stereocenters. The van der Waals surface area contributed by atoms with E-state index < -0.39 is 12.5 Å². The fourth-order valence-corrected chi connectivity index (χ4v) is 3.31. The summed E-state index contributed by atoms with van der Waals surface area (Å²) in [6.45, 7) is -2.83. The summed E-state index contributed by atoms with van der Waals surface area (Å²) in [6, 6.07) is 13.0. The van der Waals surface area contributed by atoms with Crippen molar-refractivity contribution in [2.45, 2.75) is 18.4 Å². The number of ether oxygens (including phenoxy) is 2. The average molecular weight is 455 g/mol. The molecular weight excluding hydrogens is 438 g/mol. The van der Waals surface area contributed by atoms with Crippen molar-refractivity contribution in [3.8, 4) is 11.5 Å². The van der Waals surface area contributed by atoms with Crippen LogP contribution >= 0.6 is 23.4 Å². The summed E-state index contributed by atoms with van der Waals surface area (Å²) in [6.07, 6.45) is 0. The van der Waals surface area contributed by atoms with Crippen LogP contribution in [0, 0.1) is 0 Å². The van der Waals surface area contributed by atoms with Crippen molar-refractivity contribution < 1.29 is 23.0 Å². The van der Waals surface area contributed by atoms with Gasteiger partial charge in [-0.05, 0) is 24.3 Å². The molecule has 11 heteroatoms. The van der Waals surface area contributed by atoms with Gasteiger partial charge in [0.1, 0.15) is 18.1 Å². The van der Waals surface area contributed by atoms with Crippen molar-refractivity contribution in [2.75, 3.05) is 11.1 Å². The molecule has 1 amide bonds. The molecule has 0 fully saturated rings. The summed E-state index contributed by atoms with van der Waals surface area (Å²) >= 11 is 7.21. The molecule has 0 radical (unpaired) electrons. The molecular formula is C19H17ClF2N4O3S. The van der Waals surface area contributed by atoms with Crippen molar-refractivity contribution >= 4 is 35.0 Å². The highest BCUT2D eigenvalue weighted by molar-refractivity contribution is 7.99. The molecule has 3 rings (SSSR count). The molecule has 0 bridgehead atoms. The Kier molecular flexibility index (Phi) is 7.47. The van der Waals surface area contributed by atoms with E-state index in [1.165, 1.54) is 18.2 Å². The maximum absolute atomic E-state index is 12.5. The molecule has 158 valence electrons. The van der Waals surface area contributed by atoms with Gasteiger partial charge < -0.3 is 19.4 Å². The van der Waals surface area contributed by atoms with Gasteiger partial charge >= 0.3 is 6.61 Å². The maximum atomic E-state index is 12.5. The van der Waals surface area contributed by atoms with Gasteiger partial charge in [-0.25, -0.2) is 0 Å². The van der Waals surface area contributed by atoms with E-state index in [4.69, 9.17) is 16.3 Å². The minimum absolute atomic E-state index is 0.000354. The standard InChI is InChI=1S/C19H17ClF2N4O3S/c1-26-16(10-28-14-8-4-2-6-12(14)20)24-25-19(26)30-11-17(27)23-13-7-3-5-9-15(13)29-18(21)22/h2-9,18H,10-11H2,1H3,(H,23,27). The molecule has 3 aromatic rings. The third-order valence-corrected chi connectivity index (χ3v) is 5.16. The minimum atomic E-state index is -2.98. The number of para-hydroxylation sites is 3. The fraction of sp³-hybridized carbons (Fsp3) is 0.211. The van der Waals surface area contributed by atoms with Gasteiger partial charge in [0.05, 0.1) is 16.5 Å². The molecule has 2 aromatic carbocycles. The number of hydrogen-bond acceptors (Lipinski definition) is 6. The second-order valence-corrected chi connectivity index (χ2v) is 7.24. The Morgan fingerprint density at radius 1 is 1.17 bits per heavy atom. The third-order valence-electron chi connectivity index (χ3n) is 3.83. The molecule has 0 saturated carbocycles. The van der Waals surface area contributed by atoms with Gasteiger partial charge in [-0.15, -0.1) is 10.2 Å². The van der Waals surface area contributed by atoms with Crippen LogP contribution in [-0.4, -0.2) is 33.0 Å². The Hall–Kier alpha value is -2.85. The number of carbonyl (C=O) groups excluding carboxylic acids is 1. The molecule has 0 aliphatic heterocycles. The van der Waals surface area contributed by atoms with Crippen molar-refractivity contribution in [2.24, 2.45) is 7.05 Å². The van der Waals surface area contributed by atoms with E-state index in [1.807, 2.05) is 6.07 Å². The average Bonchev–Trinajstić information content (AvgIpc) is 3.06. The number of alkyl halides is 2. The van der Waals surface area contributed by atoms with E-state index in [1.54, 1.807) is 35.9 Å². The topological polar surface area (TPSA) is 78.3 Å². The number of rotatable bonds is 9. The van der Waals surface area contributed by atoms with Gasteiger partial charge in [0.15, 0.2) is 11.0 Å². The molecule has 7 nitrogen and oxygen atoms in total. The zero-order valence-electron chi connectivity index (χ0n) is 15.7. The summed E-state index contributed by atoms with van der Waals surface area (Å²) in [4.78, 5) is 12.2. The highest BCUT2D eigenvalue weighted by atomic mass is 35.5. The van der Waals surface area contributed by atoms with Crippen LogP contribution in [0.5, 0.6) is 11.5 Å². The lowest BCUT2D eigenvalue weighted by Gasteiger charge is -2.11. The predicted molar refractivity (Wildman–Crippen MR) is 109 cm³/mol. The van der Waals surface area contributed by atoms with Crippen LogP contribution in [0.15, 0.2) is 53.7 Å². The monoisotopic (exact) mass is 454 g/mol. The smallest absolute Gasteiger partial charge is 0.387 e. The van der Waals surface area contributed by atoms with E-state index in [0.29, 0.717) is 21.8 Å². The van der Waals surface area contributed by atoms with Crippen LogP contribution in [0.1, 0.15) is 5.82 Å². The molecule has 0 unspecified atom stereocenters. The first kappa shape index (κ1) is 21.8. The quantitative estimate of drug-likeness (QED) is 0.483. The number of nitrogens with zero attached hydrogens (tertiary/aromatic N) is 3. The van der Waals surface area contributed by atoms with Crippen LogP contribution in [0.3, 0.4) is 0 Å². The highest BCUT2D eigenvalue weighted by Crippen LogP contribution is 2.27. The first-order chi connectivity index (χ1) is 14.4. The number of anilines is 1. The number of carbonyl (C=O) groups is 1. The minimum Gasteiger partial charge on any atom is -0.484 e. The zero-order chi connectivity index (χ0) is 21.5. The van der Waals surface area contributed by atoms with Gasteiger partial charge in [0.25, 0.3) is 0 Å². The van der Waals surface area contributed by atoms with Crippen LogP contribution in [-0.2, 0) is 18.4 Å². The molecule has 0 aliphatic carbocycles. The Morgan fingerprint density at radius 2 is 1.87 bits per heavy atom. The largest absolute Gasteiger partial charge is 0.484 e. The highest BCUT2D eigenvalue weighted by Gasteiger charge is 2.15. The van der Waals surface area contributed by atoms with Crippen LogP contribution in [0.2, 0.25) is 5.02 Å². The van der Waals surface area contributed by atoms with E-state index >= 15 is 0 Å². The number of thioether (sulfide) groups is 1. The lowest BCUT2D eigenvalue weighted by molar-refractivity contribution is -0.113. The predicted octanol–water partition coefficient (Wildman–Crippen LogP) is 4.38. The normalized spacial score (nSPS) is 10.8. The molecule has 0 saturated heterocycles. The molecule has 0 spiro atoms. The number of hydrogen-bond donors (Lipinski definition) is 1. The van der Waals surface area contributed by atoms with Gasteiger partial charge in [0.2, 0.25) is 5.91 Å². The Labute approximate surface area is 180 Å². The second-order valence-electron chi connectivity index (χ2n) is 5.89. The van der Waals surface area contributed by atoms with Gasteiger partial charge in [-0.3, -0.25) is 4.79 Å². The van der Waals surface area contributed by atoms with E-state index in [0.717, 1.165) is 11.8 Å². The zero-order valence-corrected chi connectivity index (χ0v) is 17.3. The van der Waals surface area contributed by atoms with Gasteiger partial charge in [-0.1, -0.05) is 47.6 Å².